The van der Waals surface area contributed by atoms with Gasteiger partial charge in [0, 0.05) is 18.3 Å². The number of anilines is 1. The Labute approximate surface area is 180 Å². The molecule has 1 amide bonds. The number of hydrogen-bond donors (Lipinski definition) is 0. The molecule has 0 unspecified atom stereocenters. The van der Waals surface area contributed by atoms with Crippen LogP contribution in [0.3, 0.4) is 0 Å². The van der Waals surface area contributed by atoms with Crippen molar-refractivity contribution in [3.8, 4) is 0 Å². The van der Waals surface area contributed by atoms with Crippen LogP contribution in [0.1, 0.15) is 36.7 Å². The van der Waals surface area contributed by atoms with Crippen LogP contribution in [-0.2, 0) is 22.5 Å². The summed E-state index contributed by atoms with van der Waals surface area (Å²) in [6.07, 6.45) is 0.886. The molecule has 30 heavy (non-hydrogen) atoms. The zero-order valence-corrected chi connectivity index (χ0v) is 18.2. The number of para-hydroxylation sites is 1. The van der Waals surface area contributed by atoms with E-state index in [0.29, 0.717) is 17.9 Å². The molecule has 0 saturated carbocycles. The number of imidazole rings is 1. The van der Waals surface area contributed by atoms with Crippen molar-refractivity contribution in [2.75, 3.05) is 17.3 Å². The zero-order valence-electron chi connectivity index (χ0n) is 17.4. The van der Waals surface area contributed by atoms with Gasteiger partial charge in [-0.05, 0) is 57.0 Å². The number of aromatic nitrogens is 2. The van der Waals surface area contributed by atoms with Crippen molar-refractivity contribution in [2.45, 2.75) is 44.9 Å². The maximum Gasteiger partial charge on any atom is 0.338 e. The first kappa shape index (κ1) is 20.5. The van der Waals surface area contributed by atoms with Crippen molar-refractivity contribution < 1.29 is 14.3 Å². The van der Waals surface area contributed by atoms with E-state index in [1.165, 1.54) is 17.3 Å². The number of carbonyl (C=O) groups is 2. The molecular formula is C23H25N3O3S. The number of hydrogen-bond acceptors (Lipinski definition) is 5. The van der Waals surface area contributed by atoms with Gasteiger partial charge in [-0.1, -0.05) is 30.0 Å². The lowest BCUT2D eigenvalue weighted by Gasteiger charge is -2.22. The minimum absolute atomic E-state index is 0.0828. The highest BCUT2D eigenvalue weighted by Gasteiger charge is 2.30. The summed E-state index contributed by atoms with van der Waals surface area (Å²) in [5.41, 5.74) is 4.40. The van der Waals surface area contributed by atoms with E-state index in [9.17, 15) is 9.59 Å². The summed E-state index contributed by atoms with van der Waals surface area (Å²) >= 11 is 1.44. The van der Waals surface area contributed by atoms with E-state index in [2.05, 4.69) is 17.6 Å². The number of carbonyl (C=O) groups excluding carboxylic acids is 2. The molecule has 7 heteroatoms. The lowest BCUT2D eigenvalue weighted by Crippen LogP contribution is -2.37. The van der Waals surface area contributed by atoms with Crippen LogP contribution in [0.2, 0.25) is 0 Å². The number of fused-ring (bicyclic) bond motifs is 2. The molecular weight excluding hydrogens is 398 g/mol. The highest BCUT2D eigenvalue weighted by Crippen LogP contribution is 2.33. The van der Waals surface area contributed by atoms with Crippen molar-refractivity contribution >= 4 is 40.4 Å². The number of nitrogens with zero attached hydrogens (tertiary/aromatic N) is 3. The average Bonchev–Trinajstić information content (AvgIpc) is 3.27. The monoisotopic (exact) mass is 423 g/mol. The third kappa shape index (κ3) is 3.69. The molecule has 0 N–H and O–H groups in total. The molecule has 0 fully saturated rings. The normalized spacial score (nSPS) is 15.4. The van der Waals surface area contributed by atoms with E-state index in [-0.39, 0.29) is 17.9 Å². The standard InChI is InChI=1S/C23H25N3O3S/c1-4-25-20-11-10-17(22(28)29-5-2)13-18(20)24-23(25)30-14-21(27)26-15(3)12-16-8-6-7-9-19(16)26/h6-11,13,15H,4-5,12,14H2,1-3H3/t15-/m0/s1. The molecule has 4 rings (SSSR count). The van der Waals surface area contributed by atoms with Crippen LogP contribution < -0.4 is 4.90 Å². The second-order valence-electron chi connectivity index (χ2n) is 7.30. The van der Waals surface area contributed by atoms with E-state index in [1.807, 2.05) is 36.1 Å². The second-order valence-corrected chi connectivity index (χ2v) is 8.24. The van der Waals surface area contributed by atoms with Crippen LogP contribution in [-0.4, -0.2) is 39.8 Å². The Kier molecular flexibility index (Phi) is 5.81. The van der Waals surface area contributed by atoms with Crippen molar-refractivity contribution in [1.29, 1.82) is 0 Å². The lowest BCUT2D eigenvalue weighted by atomic mass is 10.1. The lowest BCUT2D eigenvalue weighted by molar-refractivity contribution is -0.116. The maximum absolute atomic E-state index is 13.0. The maximum atomic E-state index is 13.0. The predicted octanol–water partition coefficient (Wildman–Crippen LogP) is 4.30. The SMILES string of the molecule is CCOC(=O)c1ccc2c(c1)nc(SCC(=O)N1c3ccccc3C[C@@H]1C)n2CC. The predicted molar refractivity (Wildman–Crippen MR) is 119 cm³/mol. The highest BCUT2D eigenvalue weighted by atomic mass is 32.2. The first-order chi connectivity index (χ1) is 14.5. The summed E-state index contributed by atoms with van der Waals surface area (Å²) < 4.78 is 7.16. The second kappa shape index (κ2) is 8.52. The molecule has 156 valence electrons. The van der Waals surface area contributed by atoms with Crippen LogP contribution in [0.15, 0.2) is 47.6 Å². The molecule has 1 aromatic heterocycles. The number of benzene rings is 2. The number of amides is 1. The topological polar surface area (TPSA) is 64.4 Å². The Balaban J connectivity index is 1.55. The number of aryl methyl sites for hydroxylation is 1. The van der Waals surface area contributed by atoms with Crippen molar-refractivity contribution in [3.05, 3.63) is 53.6 Å². The van der Waals surface area contributed by atoms with Gasteiger partial charge in [0.1, 0.15) is 0 Å². The molecule has 0 bridgehead atoms. The van der Waals surface area contributed by atoms with Gasteiger partial charge >= 0.3 is 5.97 Å². The van der Waals surface area contributed by atoms with Gasteiger partial charge < -0.3 is 14.2 Å². The number of ether oxygens (including phenoxy) is 1. The summed E-state index contributed by atoms with van der Waals surface area (Å²) in [6.45, 7) is 6.98. The Morgan fingerprint density at radius 2 is 2.00 bits per heavy atom. The van der Waals surface area contributed by atoms with Gasteiger partial charge in [0.15, 0.2) is 5.16 Å². The molecule has 2 aromatic carbocycles. The van der Waals surface area contributed by atoms with Crippen LogP contribution in [0, 0.1) is 0 Å². The van der Waals surface area contributed by atoms with E-state index < -0.39 is 0 Å². The Morgan fingerprint density at radius 3 is 2.77 bits per heavy atom. The Bertz CT molecular complexity index is 1110. The smallest absolute Gasteiger partial charge is 0.338 e. The first-order valence-corrected chi connectivity index (χ1v) is 11.2. The Hall–Kier alpha value is -2.80. The molecule has 1 atom stereocenters. The number of thioether (sulfide) groups is 1. The van der Waals surface area contributed by atoms with Crippen LogP contribution in [0.25, 0.3) is 11.0 Å². The zero-order chi connectivity index (χ0) is 21.3. The third-order valence-electron chi connectivity index (χ3n) is 5.34. The summed E-state index contributed by atoms with van der Waals surface area (Å²) in [5, 5.41) is 0.780. The molecule has 1 aliphatic rings. The van der Waals surface area contributed by atoms with Gasteiger partial charge in [0.2, 0.25) is 5.91 Å². The van der Waals surface area contributed by atoms with Crippen LogP contribution in [0.5, 0.6) is 0 Å². The minimum Gasteiger partial charge on any atom is -0.462 e. The fourth-order valence-electron chi connectivity index (χ4n) is 4.01. The highest BCUT2D eigenvalue weighted by molar-refractivity contribution is 7.99. The fourth-order valence-corrected chi connectivity index (χ4v) is 4.94. The van der Waals surface area contributed by atoms with Gasteiger partial charge in [0.25, 0.3) is 0 Å². The molecule has 1 aliphatic heterocycles. The van der Waals surface area contributed by atoms with Crippen LogP contribution in [0.4, 0.5) is 5.69 Å². The number of rotatable bonds is 6. The molecule has 0 radical (unpaired) electrons. The minimum atomic E-state index is -0.350. The number of esters is 1. The fraction of sp³-hybridized carbons (Fsp3) is 0.348. The van der Waals surface area contributed by atoms with Crippen molar-refractivity contribution in [2.24, 2.45) is 0 Å². The van der Waals surface area contributed by atoms with Crippen LogP contribution >= 0.6 is 11.8 Å². The van der Waals surface area contributed by atoms with E-state index in [0.717, 1.165) is 34.8 Å². The van der Waals surface area contributed by atoms with E-state index in [1.54, 1.807) is 19.1 Å². The van der Waals surface area contributed by atoms with E-state index in [4.69, 9.17) is 9.72 Å². The Morgan fingerprint density at radius 1 is 1.20 bits per heavy atom. The van der Waals surface area contributed by atoms with Crippen molar-refractivity contribution in [1.82, 2.24) is 9.55 Å². The van der Waals surface area contributed by atoms with E-state index >= 15 is 0 Å². The van der Waals surface area contributed by atoms with Crippen molar-refractivity contribution in [3.63, 3.8) is 0 Å². The summed E-state index contributed by atoms with van der Waals surface area (Å²) in [6, 6.07) is 13.7. The molecule has 0 saturated heterocycles. The van der Waals surface area contributed by atoms with Gasteiger partial charge in [-0.2, -0.15) is 0 Å². The largest absolute Gasteiger partial charge is 0.462 e. The molecule has 0 spiro atoms. The molecule has 3 aromatic rings. The molecule has 0 aliphatic carbocycles. The first-order valence-electron chi connectivity index (χ1n) is 10.2. The average molecular weight is 424 g/mol. The summed E-state index contributed by atoms with van der Waals surface area (Å²) in [4.78, 5) is 31.7. The quantitative estimate of drug-likeness (QED) is 0.437. The van der Waals surface area contributed by atoms with Gasteiger partial charge in [-0.3, -0.25) is 4.79 Å². The molecule has 2 heterocycles. The third-order valence-corrected chi connectivity index (χ3v) is 6.30. The summed E-state index contributed by atoms with van der Waals surface area (Å²) in [5.74, 6) is 0.0445. The summed E-state index contributed by atoms with van der Waals surface area (Å²) in [7, 11) is 0. The molecule has 6 nitrogen and oxygen atoms in total. The van der Waals surface area contributed by atoms with Gasteiger partial charge in [-0.15, -0.1) is 0 Å². The van der Waals surface area contributed by atoms with Gasteiger partial charge in [-0.25, -0.2) is 9.78 Å². The van der Waals surface area contributed by atoms with Gasteiger partial charge in [0.05, 0.1) is 29.0 Å².